The van der Waals surface area contributed by atoms with E-state index in [-0.39, 0.29) is 18.9 Å². The molecule has 3 aromatic rings. The summed E-state index contributed by atoms with van der Waals surface area (Å²) in [7, 11) is 0. The van der Waals surface area contributed by atoms with Gasteiger partial charge in [-0.2, -0.15) is 0 Å². The lowest BCUT2D eigenvalue weighted by molar-refractivity contribution is -0.121. The first kappa shape index (κ1) is 16.7. The van der Waals surface area contributed by atoms with Gasteiger partial charge in [0.15, 0.2) is 0 Å². The van der Waals surface area contributed by atoms with Crippen LogP contribution in [0.1, 0.15) is 17.5 Å². The Labute approximate surface area is 144 Å². The Hall–Kier alpha value is -3.15. The van der Waals surface area contributed by atoms with Gasteiger partial charge < -0.3 is 5.32 Å². The molecular formula is C19H19N3O3. The first-order chi connectivity index (χ1) is 12.0. The Morgan fingerprint density at radius 3 is 2.56 bits per heavy atom. The lowest BCUT2D eigenvalue weighted by atomic mass is 10.1. The largest absolute Gasteiger partial charge is 0.352 e. The van der Waals surface area contributed by atoms with Crippen LogP contribution in [-0.4, -0.2) is 15.5 Å². The number of benzene rings is 2. The number of para-hydroxylation sites is 1. The number of amides is 1. The van der Waals surface area contributed by atoms with E-state index in [0.29, 0.717) is 17.4 Å². The highest BCUT2D eigenvalue weighted by atomic mass is 16.2. The zero-order valence-electron chi connectivity index (χ0n) is 13.9. The number of aromatic amines is 1. The third-order valence-electron chi connectivity index (χ3n) is 4.08. The fourth-order valence-electron chi connectivity index (χ4n) is 2.67. The first-order valence-corrected chi connectivity index (χ1v) is 8.09. The van der Waals surface area contributed by atoms with Crippen LogP contribution in [0.5, 0.6) is 0 Å². The number of aromatic nitrogens is 2. The molecule has 2 aromatic carbocycles. The van der Waals surface area contributed by atoms with Crippen LogP contribution in [0.4, 0.5) is 0 Å². The van der Waals surface area contributed by atoms with Gasteiger partial charge in [-0.1, -0.05) is 42.0 Å². The Morgan fingerprint density at radius 1 is 1.08 bits per heavy atom. The molecule has 2 N–H and O–H groups in total. The molecule has 0 unspecified atom stereocenters. The van der Waals surface area contributed by atoms with Gasteiger partial charge in [-0.15, -0.1) is 0 Å². The molecular weight excluding hydrogens is 318 g/mol. The van der Waals surface area contributed by atoms with Crippen molar-refractivity contribution in [2.75, 3.05) is 0 Å². The van der Waals surface area contributed by atoms with Gasteiger partial charge in [0.25, 0.3) is 5.56 Å². The summed E-state index contributed by atoms with van der Waals surface area (Å²) in [6.45, 7) is 2.66. The van der Waals surface area contributed by atoms with Gasteiger partial charge in [-0.05, 0) is 24.6 Å². The molecule has 0 atom stereocenters. The third kappa shape index (κ3) is 3.85. The summed E-state index contributed by atoms with van der Waals surface area (Å²) >= 11 is 0. The number of H-pyrrole nitrogens is 1. The van der Waals surface area contributed by atoms with Crippen molar-refractivity contribution in [3.05, 3.63) is 80.5 Å². The number of carbonyl (C=O) groups is 1. The van der Waals surface area contributed by atoms with E-state index in [9.17, 15) is 14.4 Å². The van der Waals surface area contributed by atoms with Crippen LogP contribution < -0.4 is 16.6 Å². The summed E-state index contributed by atoms with van der Waals surface area (Å²) in [5.41, 5.74) is 1.79. The van der Waals surface area contributed by atoms with Crippen molar-refractivity contribution in [1.29, 1.82) is 0 Å². The lowest BCUT2D eigenvalue weighted by Crippen LogP contribution is -2.32. The van der Waals surface area contributed by atoms with Crippen molar-refractivity contribution < 1.29 is 4.79 Å². The predicted molar refractivity (Wildman–Crippen MR) is 96.5 cm³/mol. The molecule has 6 heteroatoms. The Bertz CT molecular complexity index is 1020. The molecule has 1 heterocycles. The predicted octanol–water partition coefficient (Wildman–Crippen LogP) is 1.70. The van der Waals surface area contributed by atoms with Crippen molar-refractivity contribution in [2.24, 2.45) is 0 Å². The van der Waals surface area contributed by atoms with E-state index in [1.807, 2.05) is 31.2 Å². The average molecular weight is 337 g/mol. The monoisotopic (exact) mass is 337 g/mol. The summed E-state index contributed by atoms with van der Waals surface area (Å²) in [4.78, 5) is 38.2. The maximum absolute atomic E-state index is 12.1. The molecule has 0 spiro atoms. The number of rotatable bonds is 5. The van der Waals surface area contributed by atoms with E-state index in [0.717, 1.165) is 5.56 Å². The number of hydrogen-bond acceptors (Lipinski definition) is 3. The highest BCUT2D eigenvalue weighted by Crippen LogP contribution is 2.07. The molecule has 0 saturated carbocycles. The number of aryl methyl sites for hydroxylation is 2. The van der Waals surface area contributed by atoms with Crippen LogP contribution in [0.15, 0.2) is 58.1 Å². The standard InChI is InChI=1S/C19H19N3O3/c1-13-6-8-14(9-7-13)12-20-17(23)10-11-22-16-5-3-2-4-15(16)18(24)21-19(22)25/h2-9H,10-12H2,1H3,(H,20,23)(H,21,24,25). The minimum atomic E-state index is -0.505. The van der Waals surface area contributed by atoms with Gasteiger partial charge in [0.05, 0.1) is 10.9 Å². The first-order valence-electron chi connectivity index (χ1n) is 8.09. The zero-order valence-corrected chi connectivity index (χ0v) is 13.9. The van der Waals surface area contributed by atoms with Gasteiger partial charge >= 0.3 is 5.69 Å². The van der Waals surface area contributed by atoms with Crippen LogP contribution in [0.2, 0.25) is 0 Å². The molecule has 128 valence electrons. The summed E-state index contributed by atoms with van der Waals surface area (Å²) < 4.78 is 1.42. The fourth-order valence-corrected chi connectivity index (χ4v) is 2.67. The van der Waals surface area contributed by atoms with Gasteiger partial charge in [0.1, 0.15) is 0 Å². The van der Waals surface area contributed by atoms with Crippen molar-refractivity contribution in [3.63, 3.8) is 0 Å². The van der Waals surface area contributed by atoms with Crippen molar-refractivity contribution in [3.8, 4) is 0 Å². The Balaban J connectivity index is 1.68. The Kier molecular flexibility index (Phi) is 4.79. The van der Waals surface area contributed by atoms with Crippen LogP contribution in [0.25, 0.3) is 10.9 Å². The molecule has 25 heavy (non-hydrogen) atoms. The van der Waals surface area contributed by atoms with Crippen molar-refractivity contribution >= 4 is 16.8 Å². The van der Waals surface area contributed by atoms with Crippen LogP contribution >= 0.6 is 0 Å². The van der Waals surface area contributed by atoms with Crippen molar-refractivity contribution in [2.45, 2.75) is 26.4 Å². The van der Waals surface area contributed by atoms with E-state index in [4.69, 9.17) is 0 Å². The molecule has 1 amide bonds. The molecule has 6 nitrogen and oxygen atoms in total. The minimum absolute atomic E-state index is 0.150. The fraction of sp³-hybridized carbons (Fsp3) is 0.211. The second-order valence-corrected chi connectivity index (χ2v) is 5.94. The van der Waals surface area contributed by atoms with E-state index < -0.39 is 11.2 Å². The van der Waals surface area contributed by atoms with Crippen molar-refractivity contribution in [1.82, 2.24) is 14.9 Å². The number of carbonyl (C=O) groups excluding carboxylic acids is 1. The summed E-state index contributed by atoms with van der Waals surface area (Å²) in [6, 6.07) is 14.8. The summed E-state index contributed by atoms with van der Waals surface area (Å²) in [6.07, 6.45) is 0.155. The van der Waals surface area contributed by atoms with E-state index >= 15 is 0 Å². The second-order valence-electron chi connectivity index (χ2n) is 5.94. The van der Waals surface area contributed by atoms with Gasteiger partial charge in [0.2, 0.25) is 5.91 Å². The van der Waals surface area contributed by atoms with Gasteiger partial charge in [-0.3, -0.25) is 19.1 Å². The molecule has 0 aliphatic rings. The van der Waals surface area contributed by atoms with E-state index in [1.54, 1.807) is 24.3 Å². The topological polar surface area (TPSA) is 84.0 Å². The number of nitrogens with one attached hydrogen (secondary N) is 2. The molecule has 0 fully saturated rings. The van der Waals surface area contributed by atoms with Crippen LogP contribution in [-0.2, 0) is 17.9 Å². The molecule has 1 aromatic heterocycles. The maximum Gasteiger partial charge on any atom is 0.328 e. The quantitative estimate of drug-likeness (QED) is 0.743. The minimum Gasteiger partial charge on any atom is -0.352 e. The highest BCUT2D eigenvalue weighted by molar-refractivity contribution is 5.78. The van der Waals surface area contributed by atoms with Crippen LogP contribution in [0, 0.1) is 6.92 Å². The SMILES string of the molecule is Cc1ccc(CNC(=O)CCn2c(=O)[nH]c(=O)c3ccccc32)cc1. The van der Waals surface area contributed by atoms with Gasteiger partial charge in [-0.25, -0.2) is 4.79 Å². The molecule has 0 bridgehead atoms. The maximum atomic E-state index is 12.1. The molecule has 0 aliphatic heterocycles. The highest BCUT2D eigenvalue weighted by Gasteiger charge is 2.09. The molecule has 0 aliphatic carbocycles. The summed E-state index contributed by atoms with van der Waals surface area (Å²) in [5, 5.41) is 3.27. The Morgan fingerprint density at radius 2 is 1.80 bits per heavy atom. The normalized spacial score (nSPS) is 10.8. The third-order valence-corrected chi connectivity index (χ3v) is 4.08. The number of hydrogen-bond donors (Lipinski definition) is 2. The zero-order chi connectivity index (χ0) is 17.8. The van der Waals surface area contributed by atoms with Gasteiger partial charge in [0, 0.05) is 19.5 Å². The van der Waals surface area contributed by atoms with E-state index in [1.165, 1.54) is 10.1 Å². The summed E-state index contributed by atoms with van der Waals surface area (Å²) in [5.74, 6) is -0.150. The van der Waals surface area contributed by atoms with Crippen LogP contribution in [0.3, 0.4) is 0 Å². The molecule has 0 radical (unpaired) electrons. The average Bonchev–Trinajstić information content (AvgIpc) is 2.61. The molecule has 3 rings (SSSR count). The second kappa shape index (κ2) is 7.17. The number of fused-ring (bicyclic) bond motifs is 1. The molecule has 0 saturated heterocycles. The van der Waals surface area contributed by atoms with E-state index in [2.05, 4.69) is 10.3 Å². The smallest absolute Gasteiger partial charge is 0.328 e. The lowest BCUT2D eigenvalue weighted by Gasteiger charge is -2.10. The number of nitrogens with zero attached hydrogens (tertiary/aromatic N) is 1.